The highest BCUT2D eigenvalue weighted by Crippen LogP contribution is 2.29. The summed E-state index contributed by atoms with van der Waals surface area (Å²) in [6.45, 7) is 0. The van der Waals surface area contributed by atoms with Gasteiger partial charge in [-0.05, 0) is 23.8 Å². The zero-order valence-corrected chi connectivity index (χ0v) is 13.9. The van der Waals surface area contributed by atoms with Gasteiger partial charge in [-0.1, -0.05) is 36.4 Å². The van der Waals surface area contributed by atoms with E-state index in [1.807, 2.05) is 53.4 Å². The molecule has 3 N–H and O–H groups in total. The number of carbonyl (C=O) groups is 1. The van der Waals surface area contributed by atoms with E-state index in [2.05, 4.69) is 28.2 Å². The predicted molar refractivity (Wildman–Crippen MR) is 103 cm³/mol. The number of benzene rings is 2. The summed E-state index contributed by atoms with van der Waals surface area (Å²) in [5.41, 5.74) is 9.43. The van der Waals surface area contributed by atoms with Crippen molar-refractivity contribution in [1.29, 1.82) is 0 Å². The lowest BCUT2D eigenvalue weighted by Crippen LogP contribution is -2.13. The van der Waals surface area contributed by atoms with Crippen LogP contribution < -0.4 is 5.73 Å². The van der Waals surface area contributed by atoms with E-state index in [9.17, 15) is 4.79 Å². The number of para-hydroxylation sites is 2. The summed E-state index contributed by atoms with van der Waals surface area (Å²) >= 11 is 0. The summed E-state index contributed by atoms with van der Waals surface area (Å²) in [6, 6.07) is 18.3. The average Bonchev–Trinajstić information content (AvgIpc) is 3.19. The molecule has 0 fully saturated rings. The summed E-state index contributed by atoms with van der Waals surface area (Å²) in [6.07, 6.45) is 4.02. The van der Waals surface area contributed by atoms with Crippen molar-refractivity contribution in [2.24, 2.45) is 5.73 Å². The van der Waals surface area contributed by atoms with Crippen molar-refractivity contribution in [2.75, 3.05) is 0 Å². The molecule has 0 aliphatic rings. The normalized spacial score (nSPS) is 11.5. The maximum Gasteiger partial charge on any atom is 0.221 e. The van der Waals surface area contributed by atoms with Crippen LogP contribution in [0.25, 0.3) is 38.5 Å². The predicted octanol–water partition coefficient (Wildman–Crippen LogP) is 3.69. The number of fused-ring (bicyclic) bond motifs is 4. The molecule has 0 aliphatic heterocycles. The molecule has 26 heavy (non-hydrogen) atoms. The van der Waals surface area contributed by atoms with Crippen LogP contribution in [0, 0.1) is 0 Å². The number of rotatable bonds is 3. The van der Waals surface area contributed by atoms with Crippen molar-refractivity contribution in [3.8, 4) is 5.82 Å². The van der Waals surface area contributed by atoms with Gasteiger partial charge in [-0.2, -0.15) is 0 Å². The average molecular weight is 340 g/mol. The lowest BCUT2D eigenvalue weighted by atomic mass is 10.1. The lowest BCUT2D eigenvalue weighted by Gasteiger charge is -2.04. The number of hydrogen-bond donors (Lipinski definition) is 2. The minimum atomic E-state index is -0.340. The second kappa shape index (κ2) is 5.46. The van der Waals surface area contributed by atoms with Crippen LogP contribution in [0.4, 0.5) is 0 Å². The molecule has 0 spiro atoms. The van der Waals surface area contributed by atoms with Crippen molar-refractivity contribution in [2.45, 2.75) is 6.42 Å². The molecule has 0 radical (unpaired) electrons. The standard InChI is InChI=1S/C21H16N4O/c22-20(26)9-13-12-25(19-8-4-2-5-14(13)19)21-10-16-15-6-1-3-7-17(15)24-18(16)11-23-21/h1-8,10-12,24H,9H2,(H2,22,26). The van der Waals surface area contributed by atoms with Crippen LogP contribution in [-0.4, -0.2) is 20.4 Å². The van der Waals surface area contributed by atoms with E-state index in [0.717, 1.165) is 38.7 Å². The fourth-order valence-corrected chi connectivity index (χ4v) is 3.64. The number of H-pyrrole nitrogens is 1. The third-order valence-corrected chi connectivity index (χ3v) is 4.78. The first-order valence-corrected chi connectivity index (χ1v) is 8.45. The Morgan fingerprint density at radius 2 is 1.77 bits per heavy atom. The second-order valence-electron chi connectivity index (χ2n) is 6.44. The van der Waals surface area contributed by atoms with Crippen LogP contribution in [-0.2, 0) is 11.2 Å². The highest BCUT2D eigenvalue weighted by atomic mass is 16.1. The molecular formula is C21H16N4O. The summed E-state index contributed by atoms with van der Waals surface area (Å²) in [4.78, 5) is 19.5. The van der Waals surface area contributed by atoms with Gasteiger partial charge in [0, 0.05) is 27.9 Å². The third-order valence-electron chi connectivity index (χ3n) is 4.78. The SMILES string of the molecule is NC(=O)Cc1cn(-c2cc3c(cn2)[nH]c2ccccc23)c2ccccc12. The van der Waals surface area contributed by atoms with Gasteiger partial charge in [0.05, 0.1) is 23.7 Å². The van der Waals surface area contributed by atoms with Crippen molar-refractivity contribution < 1.29 is 4.79 Å². The largest absolute Gasteiger partial charge is 0.369 e. The molecule has 0 saturated heterocycles. The van der Waals surface area contributed by atoms with Gasteiger partial charge < -0.3 is 15.3 Å². The lowest BCUT2D eigenvalue weighted by molar-refractivity contribution is -0.117. The van der Waals surface area contributed by atoms with Gasteiger partial charge in [-0.15, -0.1) is 0 Å². The maximum absolute atomic E-state index is 11.4. The van der Waals surface area contributed by atoms with Gasteiger partial charge in [-0.3, -0.25) is 4.79 Å². The molecular weight excluding hydrogens is 324 g/mol. The third kappa shape index (κ3) is 2.18. The number of nitrogens with one attached hydrogen (secondary N) is 1. The Hall–Kier alpha value is -3.60. The smallest absolute Gasteiger partial charge is 0.221 e. The Balaban J connectivity index is 1.77. The topological polar surface area (TPSA) is 76.7 Å². The number of pyridine rings is 1. The minimum Gasteiger partial charge on any atom is -0.369 e. The molecule has 0 aliphatic carbocycles. The molecule has 0 atom stereocenters. The van der Waals surface area contributed by atoms with E-state index in [0.29, 0.717) is 0 Å². The van der Waals surface area contributed by atoms with E-state index in [-0.39, 0.29) is 12.3 Å². The Morgan fingerprint density at radius 1 is 1.00 bits per heavy atom. The van der Waals surface area contributed by atoms with E-state index < -0.39 is 0 Å². The highest BCUT2D eigenvalue weighted by molar-refractivity contribution is 6.07. The van der Waals surface area contributed by atoms with Crippen LogP contribution in [0.3, 0.4) is 0 Å². The molecule has 3 aromatic heterocycles. The van der Waals surface area contributed by atoms with Crippen molar-refractivity contribution in [1.82, 2.24) is 14.5 Å². The van der Waals surface area contributed by atoms with Crippen LogP contribution in [0.2, 0.25) is 0 Å². The molecule has 5 heteroatoms. The molecule has 0 unspecified atom stereocenters. The van der Waals surface area contributed by atoms with Gasteiger partial charge in [0.1, 0.15) is 5.82 Å². The van der Waals surface area contributed by atoms with E-state index in [4.69, 9.17) is 5.73 Å². The molecule has 5 aromatic rings. The summed E-state index contributed by atoms with van der Waals surface area (Å²) in [5, 5.41) is 3.31. The van der Waals surface area contributed by atoms with Crippen LogP contribution in [0.1, 0.15) is 5.56 Å². The molecule has 3 heterocycles. The van der Waals surface area contributed by atoms with Crippen molar-refractivity contribution in [3.63, 3.8) is 0 Å². The van der Waals surface area contributed by atoms with Crippen molar-refractivity contribution in [3.05, 3.63) is 72.6 Å². The van der Waals surface area contributed by atoms with Crippen LogP contribution in [0.15, 0.2) is 67.0 Å². The molecule has 126 valence electrons. The zero-order chi connectivity index (χ0) is 17.7. The fourth-order valence-electron chi connectivity index (χ4n) is 3.64. The number of amides is 1. The number of nitrogens with two attached hydrogens (primary N) is 1. The number of hydrogen-bond acceptors (Lipinski definition) is 2. The fraction of sp³-hybridized carbons (Fsp3) is 0.0476. The number of aromatic nitrogens is 3. The number of carbonyl (C=O) groups excluding carboxylic acids is 1. The highest BCUT2D eigenvalue weighted by Gasteiger charge is 2.13. The molecule has 0 saturated carbocycles. The van der Waals surface area contributed by atoms with Crippen molar-refractivity contribution >= 4 is 38.6 Å². The van der Waals surface area contributed by atoms with E-state index >= 15 is 0 Å². The Morgan fingerprint density at radius 3 is 2.62 bits per heavy atom. The van der Waals surface area contributed by atoms with E-state index in [1.54, 1.807) is 0 Å². The molecule has 5 nitrogen and oxygen atoms in total. The number of nitrogens with zero attached hydrogens (tertiary/aromatic N) is 2. The molecule has 1 amide bonds. The van der Waals surface area contributed by atoms with Gasteiger partial charge in [0.15, 0.2) is 0 Å². The van der Waals surface area contributed by atoms with E-state index in [1.165, 1.54) is 5.39 Å². The number of aromatic amines is 1. The number of primary amides is 1. The first-order valence-electron chi connectivity index (χ1n) is 8.45. The van der Waals surface area contributed by atoms with Gasteiger partial charge in [-0.25, -0.2) is 4.98 Å². The Kier molecular flexibility index (Phi) is 3.09. The maximum atomic E-state index is 11.4. The Labute approximate surface area is 149 Å². The Bertz CT molecular complexity index is 1300. The zero-order valence-electron chi connectivity index (χ0n) is 13.9. The molecule has 2 aromatic carbocycles. The monoisotopic (exact) mass is 340 g/mol. The van der Waals surface area contributed by atoms with Gasteiger partial charge >= 0.3 is 0 Å². The summed E-state index contributed by atoms with van der Waals surface area (Å²) in [5.74, 6) is 0.474. The van der Waals surface area contributed by atoms with Crippen LogP contribution in [0.5, 0.6) is 0 Å². The first-order chi connectivity index (χ1) is 12.7. The van der Waals surface area contributed by atoms with Gasteiger partial charge in [0.25, 0.3) is 0 Å². The second-order valence-corrected chi connectivity index (χ2v) is 6.44. The quantitative estimate of drug-likeness (QED) is 0.525. The first kappa shape index (κ1) is 14.7. The van der Waals surface area contributed by atoms with Gasteiger partial charge in [0.2, 0.25) is 5.91 Å². The summed E-state index contributed by atoms with van der Waals surface area (Å²) < 4.78 is 2.02. The summed E-state index contributed by atoms with van der Waals surface area (Å²) in [7, 11) is 0. The minimum absolute atomic E-state index is 0.211. The van der Waals surface area contributed by atoms with Crippen LogP contribution >= 0.6 is 0 Å². The molecule has 5 rings (SSSR count). The molecule has 0 bridgehead atoms.